The lowest BCUT2D eigenvalue weighted by molar-refractivity contribution is -0.115. The molecule has 1 aromatic heterocycles. The van der Waals surface area contributed by atoms with Gasteiger partial charge in [-0.2, -0.15) is 0 Å². The molecule has 0 aliphatic carbocycles. The standard InChI is InChI=1S/C5H6N2O2S/c1-3-6-7-5(10-3)4(9)2-8/h2,4,9H,1H3. The highest BCUT2D eigenvalue weighted by molar-refractivity contribution is 7.11. The van der Waals surface area contributed by atoms with Gasteiger partial charge in [-0.3, -0.25) is 4.79 Å². The van der Waals surface area contributed by atoms with Crippen molar-refractivity contribution in [1.82, 2.24) is 10.2 Å². The Morgan fingerprint density at radius 2 is 2.40 bits per heavy atom. The number of aryl methyl sites for hydroxylation is 1. The number of carbonyl (C=O) groups is 1. The number of rotatable bonds is 2. The van der Waals surface area contributed by atoms with E-state index >= 15 is 0 Å². The van der Waals surface area contributed by atoms with Crippen LogP contribution in [0.1, 0.15) is 16.1 Å². The molecule has 0 saturated heterocycles. The first-order chi connectivity index (χ1) is 4.74. The van der Waals surface area contributed by atoms with Gasteiger partial charge in [0.25, 0.3) is 0 Å². The fourth-order valence-corrected chi connectivity index (χ4v) is 1.13. The van der Waals surface area contributed by atoms with E-state index < -0.39 is 6.10 Å². The molecule has 54 valence electrons. The maximum absolute atomic E-state index is 10.0. The van der Waals surface area contributed by atoms with Crippen LogP contribution in [0.15, 0.2) is 0 Å². The Bertz CT molecular complexity index is 235. The van der Waals surface area contributed by atoms with E-state index in [1.165, 1.54) is 11.3 Å². The number of aliphatic hydroxyl groups is 1. The van der Waals surface area contributed by atoms with Crippen molar-refractivity contribution in [2.75, 3.05) is 0 Å². The van der Waals surface area contributed by atoms with E-state index in [2.05, 4.69) is 10.2 Å². The average molecular weight is 158 g/mol. The van der Waals surface area contributed by atoms with Crippen LogP contribution in [0.5, 0.6) is 0 Å². The fraction of sp³-hybridized carbons (Fsp3) is 0.400. The molecule has 1 N–H and O–H groups in total. The summed E-state index contributed by atoms with van der Waals surface area (Å²) in [5.41, 5.74) is 0. The molecular formula is C5H6N2O2S. The van der Waals surface area contributed by atoms with Gasteiger partial charge in [-0.05, 0) is 6.92 Å². The molecule has 1 aromatic rings. The number of aliphatic hydroxyl groups excluding tert-OH is 1. The molecule has 0 bridgehead atoms. The Hall–Kier alpha value is -0.810. The van der Waals surface area contributed by atoms with Crippen molar-refractivity contribution in [3.8, 4) is 0 Å². The molecule has 0 saturated carbocycles. The first kappa shape index (κ1) is 7.30. The quantitative estimate of drug-likeness (QED) is 0.619. The molecule has 1 atom stereocenters. The van der Waals surface area contributed by atoms with Crippen molar-refractivity contribution in [2.24, 2.45) is 0 Å². The molecule has 1 heterocycles. The summed E-state index contributed by atoms with van der Waals surface area (Å²) in [6.07, 6.45) is -0.675. The van der Waals surface area contributed by atoms with Crippen LogP contribution in [-0.4, -0.2) is 21.6 Å². The summed E-state index contributed by atoms with van der Waals surface area (Å²) in [5.74, 6) is 0. The minimum atomic E-state index is -1.11. The maximum atomic E-state index is 10.0. The van der Waals surface area contributed by atoms with Crippen LogP contribution in [-0.2, 0) is 4.79 Å². The molecule has 0 spiro atoms. The van der Waals surface area contributed by atoms with E-state index in [1.807, 2.05) is 0 Å². The lowest BCUT2D eigenvalue weighted by Gasteiger charge is -1.91. The molecule has 0 aliphatic rings. The first-order valence-corrected chi connectivity index (χ1v) is 3.49. The van der Waals surface area contributed by atoms with Gasteiger partial charge in [0.05, 0.1) is 0 Å². The van der Waals surface area contributed by atoms with Crippen LogP contribution in [0.25, 0.3) is 0 Å². The lowest BCUT2D eigenvalue weighted by atomic mass is 10.4. The van der Waals surface area contributed by atoms with Gasteiger partial charge in [-0.25, -0.2) is 0 Å². The Labute approximate surface area is 61.5 Å². The van der Waals surface area contributed by atoms with E-state index in [0.717, 1.165) is 5.01 Å². The molecule has 0 amide bonds. The van der Waals surface area contributed by atoms with Crippen LogP contribution in [0.2, 0.25) is 0 Å². The predicted octanol–water partition coefficient (Wildman–Crippen LogP) is 0.0788. The minimum Gasteiger partial charge on any atom is -0.378 e. The second-order valence-electron chi connectivity index (χ2n) is 1.74. The van der Waals surface area contributed by atoms with E-state index in [0.29, 0.717) is 11.3 Å². The Kier molecular flexibility index (Phi) is 2.08. The van der Waals surface area contributed by atoms with Gasteiger partial charge >= 0.3 is 0 Å². The van der Waals surface area contributed by atoms with Gasteiger partial charge in [0, 0.05) is 0 Å². The van der Waals surface area contributed by atoms with Crippen molar-refractivity contribution in [3.05, 3.63) is 10.0 Å². The number of nitrogens with zero attached hydrogens (tertiary/aromatic N) is 2. The average Bonchev–Trinajstić information content (AvgIpc) is 2.34. The van der Waals surface area contributed by atoms with Gasteiger partial charge < -0.3 is 5.11 Å². The topological polar surface area (TPSA) is 63.1 Å². The molecule has 0 fully saturated rings. The second-order valence-corrected chi connectivity index (χ2v) is 2.95. The third-order valence-corrected chi connectivity index (χ3v) is 1.83. The third-order valence-electron chi connectivity index (χ3n) is 0.924. The van der Waals surface area contributed by atoms with Crippen LogP contribution in [0.4, 0.5) is 0 Å². The molecule has 0 aliphatic heterocycles. The van der Waals surface area contributed by atoms with Gasteiger partial charge in [0.2, 0.25) is 0 Å². The first-order valence-electron chi connectivity index (χ1n) is 2.67. The zero-order valence-corrected chi connectivity index (χ0v) is 6.13. The van der Waals surface area contributed by atoms with Crippen molar-refractivity contribution in [2.45, 2.75) is 13.0 Å². The number of hydrogen-bond acceptors (Lipinski definition) is 5. The highest BCUT2D eigenvalue weighted by Gasteiger charge is 2.09. The summed E-state index contributed by atoms with van der Waals surface area (Å²) >= 11 is 1.22. The Morgan fingerprint density at radius 1 is 1.70 bits per heavy atom. The molecule has 4 nitrogen and oxygen atoms in total. The molecule has 0 radical (unpaired) electrons. The third kappa shape index (κ3) is 1.37. The van der Waals surface area contributed by atoms with Crippen molar-refractivity contribution < 1.29 is 9.90 Å². The summed E-state index contributed by atoms with van der Waals surface area (Å²) < 4.78 is 0. The zero-order valence-electron chi connectivity index (χ0n) is 5.31. The summed E-state index contributed by atoms with van der Waals surface area (Å²) in [5, 5.41) is 17.2. The van der Waals surface area contributed by atoms with E-state index in [1.54, 1.807) is 6.92 Å². The number of hydrogen-bond donors (Lipinski definition) is 1. The second kappa shape index (κ2) is 2.85. The smallest absolute Gasteiger partial charge is 0.162 e. The maximum Gasteiger partial charge on any atom is 0.162 e. The summed E-state index contributed by atoms with van der Waals surface area (Å²) in [4.78, 5) is 10.0. The SMILES string of the molecule is Cc1nnc(C(O)C=O)s1. The molecule has 0 aromatic carbocycles. The molecular weight excluding hydrogens is 152 g/mol. The summed E-state index contributed by atoms with van der Waals surface area (Å²) in [7, 11) is 0. The number of aldehydes is 1. The van der Waals surface area contributed by atoms with E-state index in [-0.39, 0.29) is 0 Å². The zero-order chi connectivity index (χ0) is 7.56. The van der Waals surface area contributed by atoms with Crippen LogP contribution in [0, 0.1) is 6.92 Å². The number of carbonyl (C=O) groups excluding carboxylic acids is 1. The van der Waals surface area contributed by atoms with Crippen molar-refractivity contribution in [1.29, 1.82) is 0 Å². The highest BCUT2D eigenvalue weighted by atomic mass is 32.1. The minimum absolute atomic E-state index is 0.354. The number of aromatic nitrogens is 2. The summed E-state index contributed by atoms with van der Waals surface area (Å²) in [6.45, 7) is 1.76. The van der Waals surface area contributed by atoms with Crippen LogP contribution >= 0.6 is 11.3 Å². The largest absolute Gasteiger partial charge is 0.378 e. The lowest BCUT2D eigenvalue weighted by Crippen LogP contribution is -1.96. The molecule has 5 heteroatoms. The fourth-order valence-electron chi connectivity index (χ4n) is 0.490. The highest BCUT2D eigenvalue weighted by Crippen LogP contribution is 2.14. The van der Waals surface area contributed by atoms with E-state index in [4.69, 9.17) is 5.11 Å². The van der Waals surface area contributed by atoms with E-state index in [9.17, 15) is 4.79 Å². The van der Waals surface area contributed by atoms with Gasteiger partial charge in [-0.1, -0.05) is 11.3 Å². The van der Waals surface area contributed by atoms with Crippen LogP contribution in [0.3, 0.4) is 0 Å². The van der Waals surface area contributed by atoms with Gasteiger partial charge in [0.15, 0.2) is 17.4 Å². The van der Waals surface area contributed by atoms with Crippen LogP contribution < -0.4 is 0 Å². The Balaban J connectivity index is 2.84. The van der Waals surface area contributed by atoms with Crippen molar-refractivity contribution in [3.63, 3.8) is 0 Å². The van der Waals surface area contributed by atoms with Crippen molar-refractivity contribution >= 4 is 17.6 Å². The molecule has 1 rings (SSSR count). The predicted molar refractivity (Wildman–Crippen MR) is 35.7 cm³/mol. The van der Waals surface area contributed by atoms with Gasteiger partial charge in [0.1, 0.15) is 5.01 Å². The normalized spacial score (nSPS) is 13.0. The Morgan fingerprint density at radius 3 is 2.80 bits per heavy atom. The molecule has 10 heavy (non-hydrogen) atoms. The monoisotopic (exact) mass is 158 g/mol. The van der Waals surface area contributed by atoms with Gasteiger partial charge in [-0.15, -0.1) is 10.2 Å². The summed E-state index contributed by atoms with van der Waals surface area (Å²) in [6, 6.07) is 0. The molecule has 1 unspecified atom stereocenters.